The quantitative estimate of drug-likeness (QED) is 0.690. The highest BCUT2D eigenvalue weighted by Gasteiger charge is 2.14. The van der Waals surface area contributed by atoms with Gasteiger partial charge in [0, 0.05) is 17.0 Å². The number of thioether (sulfide) groups is 1. The topological polar surface area (TPSA) is 21.3 Å². The maximum absolute atomic E-state index is 5.52. The van der Waals surface area contributed by atoms with Crippen molar-refractivity contribution in [2.24, 2.45) is 0 Å². The van der Waals surface area contributed by atoms with Crippen molar-refractivity contribution < 1.29 is 4.74 Å². The van der Waals surface area contributed by atoms with Gasteiger partial charge in [0.1, 0.15) is 5.75 Å². The Morgan fingerprint density at radius 3 is 2.67 bits per heavy atom. The van der Waals surface area contributed by atoms with E-state index in [1.807, 2.05) is 0 Å². The van der Waals surface area contributed by atoms with Crippen LogP contribution in [0, 0.1) is 6.92 Å². The van der Waals surface area contributed by atoms with Gasteiger partial charge < -0.3 is 10.1 Å². The van der Waals surface area contributed by atoms with Crippen LogP contribution in [0.25, 0.3) is 0 Å². The molecule has 1 aromatic carbocycles. The maximum atomic E-state index is 5.52. The molecule has 0 aromatic heterocycles. The van der Waals surface area contributed by atoms with Gasteiger partial charge in [0.2, 0.25) is 0 Å². The highest BCUT2D eigenvalue weighted by molar-refractivity contribution is 7.99. The smallest absolute Gasteiger partial charge is 0.122 e. The van der Waals surface area contributed by atoms with Crippen LogP contribution < -0.4 is 10.1 Å². The Hall–Kier alpha value is -0.670. The van der Waals surface area contributed by atoms with E-state index in [1.165, 1.54) is 24.0 Å². The Morgan fingerprint density at radius 1 is 1.29 bits per heavy atom. The van der Waals surface area contributed by atoms with E-state index in [0.29, 0.717) is 6.04 Å². The molecule has 2 atom stereocenters. The van der Waals surface area contributed by atoms with E-state index in [-0.39, 0.29) is 0 Å². The zero-order valence-electron chi connectivity index (χ0n) is 14.2. The van der Waals surface area contributed by atoms with Crippen molar-refractivity contribution in [1.82, 2.24) is 5.32 Å². The van der Waals surface area contributed by atoms with Crippen molar-refractivity contribution in [1.29, 1.82) is 0 Å². The number of nitrogens with one attached hydrogen (secondary N) is 1. The van der Waals surface area contributed by atoms with Crippen LogP contribution in [-0.2, 0) is 6.42 Å². The average molecular weight is 310 g/mol. The molecule has 3 heteroatoms. The second-order valence-corrected chi connectivity index (χ2v) is 7.19. The van der Waals surface area contributed by atoms with Crippen LogP contribution >= 0.6 is 11.8 Å². The fourth-order valence-corrected chi connectivity index (χ4v) is 3.30. The minimum absolute atomic E-state index is 0.514. The van der Waals surface area contributed by atoms with E-state index in [0.717, 1.165) is 29.7 Å². The zero-order valence-corrected chi connectivity index (χ0v) is 15.1. The molecule has 1 N–H and O–H groups in total. The van der Waals surface area contributed by atoms with E-state index < -0.39 is 0 Å². The van der Waals surface area contributed by atoms with Crippen molar-refractivity contribution >= 4 is 11.8 Å². The third-order valence-electron chi connectivity index (χ3n) is 3.74. The Labute approximate surface area is 135 Å². The van der Waals surface area contributed by atoms with Gasteiger partial charge >= 0.3 is 0 Å². The molecule has 0 fully saturated rings. The summed E-state index contributed by atoms with van der Waals surface area (Å²) < 4.78 is 5.52. The van der Waals surface area contributed by atoms with Crippen LogP contribution in [0.4, 0.5) is 0 Å². The fourth-order valence-electron chi connectivity index (χ4n) is 2.27. The second kappa shape index (κ2) is 10.1. The van der Waals surface area contributed by atoms with Crippen LogP contribution in [0.1, 0.15) is 44.7 Å². The molecule has 0 spiro atoms. The van der Waals surface area contributed by atoms with E-state index in [9.17, 15) is 0 Å². The Kier molecular flexibility index (Phi) is 8.86. The van der Waals surface area contributed by atoms with Gasteiger partial charge in [-0.15, -0.1) is 0 Å². The van der Waals surface area contributed by atoms with Crippen molar-refractivity contribution in [3.05, 3.63) is 29.3 Å². The van der Waals surface area contributed by atoms with Crippen LogP contribution in [0.3, 0.4) is 0 Å². The Morgan fingerprint density at radius 2 is 2.05 bits per heavy atom. The predicted molar refractivity (Wildman–Crippen MR) is 95.7 cm³/mol. The summed E-state index contributed by atoms with van der Waals surface area (Å²) in [5, 5.41) is 4.42. The Bertz CT molecular complexity index is 408. The molecule has 0 saturated heterocycles. The first-order valence-electron chi connectivity index (χ1n) is 8.09. The lowest BCUT2D eigenvalue weighted by molar-refractivity contribution is 0.406. The summed E-state index contributed by atoms with van der Waals surface area (Å²) in [6.07, 6.45) is 3.45. The standard InChI is InChI=1S/C18H31NOS/c1-6-10-19-17(13-21-15(4)7-2)12-16-11-14(3)8-9-18(16)20-5/h8-9,11,15,17,19H,6-7,10,12-13H2,1-5H3. The van der Waals surface area contributed by atoms with Gasteiger partial charge in [-0.25, -0.2) is 0 Å². The highest BCUT2D eigenvalue weighted by atomic mass is 32.2. The van der Waals surface area contributed by atoms with Gasteiger partial charge in [-0.2, -0.15) is 11.8 Å². The SMILES string of the molecule is CCCNC(CSC(C)CC)Cc1cc(C)ccc1OC. The average Bonchev–Trinajstić information content (AvgIpc) is 2.49. The molecule has 0 aliphatic heterocycles. The summed E-state index contributed by atoms with van der Waals surface area (Å²) in [5.41, 5.74) is 2.62. The number of aryl methyl sites for hydroxylation is 1. The zero-order chi connectivity index (χ0) is 15.7. The molecule has 0 aliphatic carbocycles. The lowest BCUT2D eigenvalue weighted by Gasteiger charge is -2.21. The van der Waals surface area contributed by atoms with Crippen molar-refractivity contribution in [3.63, 3.8) is 0 Å². The fraction of sp³-hybridized carbons (Fsp3) is 0.667. The van der Waals surface area contributed by atoms with Gasteiger partial charge in [0.25, 0.3) is 0 Å². The first-order chi connectivity index (χ1) is 10.1. The lowest BCUT2D eigenvalue weighted by Crippen LogP contribution is -2.34. The molecule has 2 unspecified atom stereocenters. The minimum Gasteiger partial charge on any atom is -0.496 e. The summed E-state index contributed by atoms with van der Waals surface area (Å²) in [5.74, 6) is 2.17. The Balaban J connectivity index is 2.72. The van der Waals surface area contributed by atoms with Crippen molar-refractivity contribution in [2.45, 2.75) is 58.2 Å². The van der Waals surface area contributed by atoms with E-state index in [1.54, 1.807) is 7.11 Å². The monoisotopic (exact) mass is 309 g/mol. The molecule has 21 heavy (non-hydrogen) atoms. The number of hydrogen-bond acceptors (Lipinski definition) is 3. The number of methoxy groups -OCH3 is 1. The van der Waals surface area contributed by atoms with Crippen LogP contribution in [0.2, 0.25) is 0 Å². The summed E-state index contributed by atoms with van der Waals surface area (Å²) >= 11 is 2.07. The van der Waals surface area contributed by atoms with E-state index in [4.69, 9.17) is 4.74 Å². The minimum atomic E-state index is 0.514. The molecule has 0 heterocycles. The summed E-state index contributed by atoms with van der Waals surface area (Å²) in [6, 6.07) is 6.97. The molecular weight excluding hydrogens is 278 g/mol. The first-order valence-corrected chi connectivity index (χ1v) is 9.14. The van der Waals surface area contributed by atoms with Crippen LogP contribution in [-0.4, -0.2) is 30.7 Å². The molecule has 120 valence electrons. The number of hydrogen-bond donors (Lipinski definition) is 1. The number of rotatable bonds is 10. The summed E-state index contributed by atoms with van der Waals surface area (Å²) in [6.45, 7) is 10.0. The molecule has 0 amide bonds. The summed E-state index contributed by atoms with van der Waals surface area (Å²) in [7, 11) is 1.76. The largest absolute Gasteiger partial charge is 0.496 e. The van der Waals surface area contributed by atoms with Gasteiger partial charge in [0.15, 0.2) is 0 Å². The third kappa shape index (κ3) is 6.75. The molecule has 0 saturated carbocycles. The third-order valence-corrected chi connectivity index (χ3v) is 5.24. The molecule has 0 aliphatic rings. The molecule has 1 aromatic rings. The van der Waals surface area contributed by atoms with Crippen LogP contribution in [0.5, 0.6) is 5.75 Å². The predicted octanol–water partition coefficient (Wildman–Crippen LogP) is 4.45. The van der Waals surface area contributed by atoms with E-state index in [2.05, 4.69) is 63.0 Å². The molecule has 0 bridgehead atoms. The molecule has 0 radical (unpaired) electrons. The number of benzene rings is 1. The molecule has 1 rings (SSSR count). The van der Waals surface area contributed by atoms with Gasteiger partial charge in [-0.1, -0.05) is 38.5 Å². The lowest BCUT2D eigenvalue weighted by atomic mass is 10.0. The van der Waals surface area contributed by atoms with Crippen LogP contribution in [0.15, 0.2) is 18.2 Å². The van der Waals surface area contributed by atoms with Crippen molar-refractivity contribution in [3.8, 4) is 5.75 Å². The highest BCUT2D eigenvalue weighted by Crippen LogP contribution is 2.23. The summed E-state index contributed by atoms with van der Waals surface area (Å²) in [4.78, 5) is 0. The normalized spacial score (nSPS) is 14.0. The van der Waals surface area contributed by atoms with Gasteiger partial charge in [-0.05, 0) is 44.4 Å². The number of ether oxygens (including phenoxy) is 1. The van der Waals surface area contributed by atoms with Gasteiger partial charge in [-0.3, -0.25) is 0 Å². The van der Waals surface area contributed by atoms with Crippen molar-refractivity contribution in [2.75, 3.05) is 19.4 Å². The first kappa shape index (κ1) is 18.4. The molecule has 2 nitrogen and oxygen atoms in total. The maximum Gasteiger partial charge on any atom is 0.122 e. The van der Waals surface area contributed by atoms with E-state index >= 15 is 0 Å². The second-order valence-electron chi connectivity index (χ2n) is 5.72. The van der Waals surface area contributed by atoms with Gasteiger partial charge in [0.05, 0.1) is 7.11 Å². The molecular formula is C18H31NOS.